The second-order valence-electron chi connectivity index (χ2n) is 5.16. The van der Waals surface area contributed by atoms with E-state index in [0.29, 0.717) is 28.6 Å². The zero-order valence-corrected chi connectivity index (χ0v) is 12.8. The van der Waals surface area contributed by atoms with E-state index < -0.39 is 6.67 Å². The highest BCUT2D eigenvalue weighted by Gasteiger charge is 2.15. The first-order valence-corrected chi connectivity index (χ1v) is 7.45. The summed E-state index contributed by atoms with van der Waals surface area (Å²) in [6.45, 7) is 1.70. The lowest BCUT2D eigenvalue weighted by atomic mass is 10.2. The molecule has 0 aliphatic heterocycles. The Balaban J connectivity index is 1.68. The van der Waals surface area contributed by atoms with Crippen LogP contribution in [0.3, 0.4) is 0 Å². The Morgan fingerprint density at radius 1 is 1.17 bits per heavy atom. The normalized spacial score (nSPS) is 11.4. The molecule has 0 atom stereocenters. The molecule has 4 aromatic heterocycles. The van der Waals surface area contributed by atoms with Gasteiger partial charge in [-0.3, -0.25) is 4.68 Å². The molecule has 0 aliphatic rings. The second kappa shape index (κ2) is 5.84. The van der Waals surface area contributed by atoms with Gasteiger partial charge in [-0.05, 0) is 12.5 Å². The first-order valence-electron chi connectivity index (χ1n) is 7.45. The summed E-state index contributed by atoms with van der Waals surface area (Å²) >= 11 is 0. The SMILES string of the molecule is CCc1noc2ncc(-c3nc(-c4cnn(CCF)c4)no3)cc12. The van der Waals surface area contributed by atoms with Crippen LogP contribution in [-0.2, 0) is 13.0 Å². The summed E-state index contributed by atoms with van der Waals surface area (Å²) in [6.07, 6.45) is 5.57. The van der Waals surface area contributed by atoms with Crippen LogP contribution < -0.4 is 0 Å². The van der Waals surface area contributed by atoms with Crippen molar-refractivity contribution >= 4 is 11.1 Å². The average molecular weight is 328 g/mol. The molecular weight excluding hydrogens is 315 g/mol. The summed E-state index contributed by atoms with van der Waals surface area (Å²) in [4.78, 5) is 8.58. The Hall–Kier alpha value is -3.10. The number of pyridine rings is 1. The van der Waals surface area contributed by atoms with Gasteiger partial charge in [-0.1, -0.05) is 17.2 Å². The number of fused-ring (bicyclic) bond motifs is 1. The molecule has 122 valence electrons. The number of nitrogens with zero attached hydrogens (tertiary/aromatic N) is 6. The Bertz CT molecular complexity index is 989. The maximum absolute atomic E-state index is 12.3. The fourth-order valence-electron chi connectivity index (χ4n) is 2.40. The third-order valence-electron chi connectivity index (χ3n) is 3.62. The van der Waals surface area contributed by atoms with Crippen molar-refractivity contribution in [3.8, 4) is 22.8 Å². The van der Waals surface area contributed by atoms with E-state index in [1.54, 1.807) is 18.6 Å². The van der Waals surface area contributed by atoms with Crippen molar-refractivity contribution in [3.05, 3.63) is 30.4 Å². The Morgan fingerprint density at radius 3 is 2.92 bits per heavy atom. The number of hydrogen-bond donors (Lipinski definition) is 0. The minimum Gasteiger partial charge on any atom is -0.336 e. The molecule has 0 bridgehead atoms. The number of aryl methyl sites for hydroxylation is 2. The van der Waals surface area contributed by atoms with E-state index in [9.17, 15) is 4.39 Å². The smallest absolute Gasteiger partial charge is 0.259 e. The van der Waals surface area contributed by atoms with Crippen molar-refractivity contribution in [2.45, 2.75) is 19.9 Å². The van der Waals surface area contributed by atoms with Crippen LogP contribution in [-0.4, -0.2) is 36.7 Å². The fraction of sp³-hybridized carbons (Fsp3) is 0.267. The molecule has 24 heavy (non-hydrogen) atoms. The van der Waals surface area contributed by atoms with Crippen molar-refractivity contribution in [2.24, 2.45) is 0 Å². The van der Waals surface area contributed by atoms with Gasteiger partial charge in [0.25, 0.3) is 11.6 Å². The molecule has 0 aliphatic carbocycles. The van der Waals surface area contributed by atoms with Crippen LogP contribution in [0.4, 0.5) is 4.39 Å². The van der Waals surface area contributed by atoms with Gasteiger partial charge in [-0.25, -0.2) is 9.37 Å². The number of hydrogen-bond acceptors (Lipinski definition) is 7. The zero-order valence-electron chi connectivity index (χ0n) is 12.8. The molecule has 8 nitrogen and oxygen atoms in total. The van der Waals surface area contributed by atoms with Gasteiger partial charge in [0, 0.05) is 12.4 Å². The molecular formula is C15H13FN6O2. The molecule has 0 saturated heterocycles. The van der Waals surface area contributed by atoms with Gasteiger partial charge in [0.2, 0.25) is 5.82 Å². The zero-order chi connectivity index (χ0) is 16.5. The molecule has 0 radical (unpaired) electrons. The van der Waals surface area contributed by atoms with Crippen LogP contribution in [0, 0.1) is 0 Å². The highest BCUT2D eigenvalue weighted by atomic mass is 19.1. The van der Waals surface area contributed by atoms with Crippen LogP contribution in [0.15, 0.2) is 33.7 Å². The standard InChI is InChI=1S/C15H13FN6O2/c1-2-12-11-5-9(6-17-15(11)24-20-12)14-19-13(21-23-14)10-7-18-22(8-10)4-3-16/h5-8H,2-4H2,1H3. The molecule has 9 heteroatoms. The monoisotopic (exact) mass is 328 g/mol. The summed E-state index contributed by atoms with van der Waals surface area (Å²) in [5.41, 5.74) is 2.64. The van der Waals surface area contributed by atoms with E-state index in [4.69, 9.17) is 9.05 Å². The first kappa shape index (κ1) is 14.5. The molecule has 0 aromatic carbocycles. The van der Waals surface area contributed by atoms with Crippen molar-refractivity contribution < 1.29 is 13.4 Å². The van der Waals surface area contributed by atoms with E-state index in [2.05, 4.69) is 25.4 Å². The molecule has 0 unspecified atom stereocenters. The van der Waals surface area contributed by atoms with E-state index in [1.807, 2.05) is 13.0 Å². The van der Waals surface area contributed by atoms with Crippen LogP contribution in [0.2, 0.25) is 0 Å². The van der Waals surface area contributed by atoms with E-state index >= 15 is 0 Å². The Kier molecular flexibility index (Phi) is 3.52. The van der Waals surface area contributed by atoms with Gasteiger partial charge in [0.1, 0.15) is 6.67 Å². The molecule has 4 rings (SSSR count). The fourth-order valence-corrected chi connectivity index (χ4v) is 2.40. The summed E-state index contributed by atoms with van der Waals surface area (Å²) in [5.74, 6) is 0.720. The van der Waals surface area contributed by atoms with Gasteiger partial charge in [0.15, 0.2) is 0 Å². The number of aromatic nitrogens is 6. The molecule has 0 fully saturated rings. The quantitative estimate of drug-likeness (QED) is 0.555. The number of alkyl halides is 1. The number of rotatable bonds is 5. The molecule has 4 aromatic rings. The predicted molar refractivity (Wildman–Crippen MR) is 81.7 cm³/mol. The van der Waals surface area contributed by atoms with Gasteiger partial charge in [0.05, 0.1) is 34.9 Å². The lowest BCUT2D eigenvalue weighted by Crippen LogP contribution is -1.98. The number of halogens is 1. The molecule has 0 saturated carbocycles. The van der Waals surface area contributed by atoms with Crippen LogP contribution in [0.5, 0.6) is 0 Å². The second-order valence-corrected chi connectivity index (χ2v) is 5.16. The average Bonchev–Trinajstić information content (AvgIpc) is 3.33. The third-order valence-corrected chi connectivity index (χ3v) is 3.62. The Morgan fingerprint density at radius 2 is 2.08 bits per heavy atom. The van der Waals surface area contributed by atoms with Gasteiger partial charge >= 0.3 is 0 Å². The maximum atomic E-state index is 12.3. The minimum atomic E-state index is -0.483. The van der Waals surface area contributed by atoms with Gasteiger partial charge in [-0.2, -0.15) is 10.1 Å². The summed E-state index contributed by atoms with van der Waals surface area (Å²) in [7, 11) is 0. The lowest BCUT2D eigenvalue weighted by Gasteiger charge is -1.94. The van der Waals surface area contributed by atoms with Gasteiger partial charge in [-0.15, -0.1) is 0 Å². The van der Waals surface area contributed by atoms with Crippen molar-refractivity contribution in [1.29, 1.82) is 0 Å². The first-order chi connectivity index (χ1) is 11.8. The molecule has 0 amide bonds. The molecule has 0 N–H and O–H groups in total. The molecule has 4 heterocycles. The summed E-state index contributed by atoms with van der Waals surface area (Å²) in [6, 6.07) is 1.86. The van der Waals surface area contributed by atoms with Crippen molar-refractivity contribution in [1.82, 2.24) is 30.1 Å². The Labute approximate surface area is 135 Å². The summed E-state index contributed by atoms with van der Waals surface area (Å²) < 4.78 is 24.3. The van der Waals surface area contributed by atoms with Crippen LogP contribution >= 0.6 is 0 Å². The minimum absolute atomic E-state index is 0.193. The third kappa shape index (κ3) is 2.43. The largest absolute Gasteiger partial charge is 0.336 e. The van der Waals surface area contributed by atoms with E-state index in [-0.39, 0.29) is 6.54 Å². The summed E-state index contributed by atoms with van der Waals surface area (Å²) in [5, 5.41) is 12.8. The van der Waals surface area contributed by atoms with E-state index in [0.717, 1.165) is 17.5 Å². The molecule has 0 spiro atoms. The topological polar surface area (TPSA) is 95.7 Å². The highest BCUT2D eigenvalue weighted by molar-refractivity contribution is 5.80. The van der Waals surface area contributed by atoms with Crippen LogP contribution in [0.25, 0.3) is 33.9 Å². The van der Waals surface area contributed by atoms with Crippen molar-refractivity contribution in [2.75, 3.05) is 6.67 Å². The van der Waals surface area contributed by atoms with Crippen molar-refractivity contribution in [3.63, 3.8) is 0 Å². The predicted octanol–water partition coefficient (Wildman–Crippen LogP) is 2.67. The van der Waals surface area contributed by atoms with Crippen LogP contribution in [0.1, 0.15) is 12.6 Å². The van der Waals surface area contributed by atoms with E-state index in [1.165, 1.54) is 4.68 Å². The van der Waals surface area contributed by atoms with Gasteiger partial charge < -0.3 is 9.05 Å². The lowest BCUT2D eigenvalue weighted by molar-refractivity contribution is 0.427. The highest BCUT2D eigenvalue weighted by Crippen LogP contribution is 2.25. The maximum Gasteiger partial charge on any atom is 0.259 e.